The zero-order valence-corrected chi connectivity index (χ0v) is 11.9. The molecule has 0 aliphatic carbocycles. The van der Waals surface area contributed by atoms with E-state index in [2.05, 4.69) is 26.3 Å². The average Bonchev–Trinajstić information content (AvgIpc) is 2.79. The van der Waals surface area contributed by atoms with E-state index in [0.717, 1.165) is 15.7 Å². The highest BCUT2D eigenvalue weighted by Gasteiger charge is 2.04. The molecule has 0 amide bonds. The summed E-state index contributed by atoms with van der Waals surface area (Å²) in [6.45, 7) is 1.26. The molecule has 1 aromatic carbocycles. The summed E-state index contributed by atoms with van der Waals surface area (Å²) in [4.78, 5) is 0. The van der Waals surface area contributed by atoms with Crippen LogP contribution < -0.4 is 5.32 Å². The smallest absolute Gasteiger partial charge is 0.0640 e. The number of aromatic nitrogens is 2. The van der Waals surface area contributed by atoms with E-state index in [0.29, 0.717) is 18.1 Å². The molecular formula is C12H13BrClN3O. The molecule has 0 bridgehead atoms. The first-order valence-corrected chi connectivity index (χ1v) is 6.68. The van der Waals surface area contributed by atoms with Crippen molar-refractivity contribution in [1.82, 2.24) is 9.78 Å². The van der Waals surface area contributed by atoms with Gasteiger partial charge >= 0.3 is 0 Å². The van der Waals surface area contributed by atoms with Gasteiger partial charge in [-0.2, -0.15) is 5.10 Å². The van der Waals surface area contributed by atoms with Gasteiger partial charge in [0.05, 0.1) is 34.5 Å². The number of benzene rings is 1. The van der Waals surface area contributed by atoms with Crippen molar-refractivity contribution in [3.8, 4) is 0 Å². The summed E-state index contributed by atoms with van der Waals surface area (Å²) in [5.41, 5.74) is 1.99. The highest BCUT2D eigenvalue weighted by atomic mass is 79.9. The Bertz CT molecular complexity index is 530. The third-order valence-corrected chi connectivity index (χ3v) is 3.85. The first-order valence-electron chi connectivity index (χ1n) is 5.51. The van der Waals surface area contributed by atoms with Crippen molar-refractivity contribution >= 4 is 33.2 Å². The van der Waals surface area contributed by atoms with Crippen molar-refractivity contribution in [2.45, 2.75) is 13.1 Å². The first kappa shape index (κ1) is 13.4. The Labute approximate surface area is 119 Å². The maximum absolute atomic E-state index is 8.81. The van der Waals surface area contributed by atoms with Gasteiger partial charge in [-0.15, -0.1) is 0 Å². The predicted molar refractivity (Wildman–Crippen MR) is 75.8 cm³/mol. The second-order valence-electron chi connectivity index (χ2n) is 3.79. The van der Waals surface area contributed by atoms with E-state index in [1.54, 1.807) is 10.9 Å². The molecule has 6 heteroatoms. The summed E-state index contributed by atoms with van der Waals surface area (Å²) >= 11 is 9.45. The van der Waals surface area contributed by atoms with Gasteiger partial charge in [-0.1, -0.05) is 17.7 Å². The lowest BCUT2D eigenvalue weighted by Crippen LogP contribution is -2.02. The van der Waals surface area contributed by atoms with Gasteiger partial charge in [0, 0.05) is 18.3 Å². The number of nitrogens with one attached hydrogen (secondary N) is 1. The van der Waals surface area contributed by atoms with Crippen molar-refractivity contribution in [2.24, 2.45) is 0 Å². The molecule has 0 saturated heterocycles. The monoisotopic (exact) mass is 329 g/mol. The van der Waals surface area contributed by atoms with Crippen molar-refractivity contribution in [3.63, 3.8) is 0 Å². The number of halogens is 2. The molecule has 1 heterocycles. The molecule has 0 atom stereocenters. The summed E-state index contributed by atoms with van der Waals surface area (Å²) in [6.07, 6.45) is 3.68. The van der Waals surface area contributed by atoms with E-state index in [-0.39, 0.29) is 6.61 Å². The lowest BCUT2D eigenvalue weighted by Gasteiger charge is -2.08. The van der Waals surface area contributed by atoms with Crippen LogP contribution in [0.3, 0.4) is 0 Å². The molecule has 0 spiro atoms. The number of rotatable bonds is 5. The van der Waals surface area contributed by atoms with Gasteiger partial charge in [0.25, 0.3) is 0 Å². The van der Waals surface area contributed by atoms with E-state index in [1.165, 1.54) is 0 Å². The van der Waals surface area contributed by atoms with Crippen LogP contribution in [0.2, 0.25) is 5.02 Å². The Balaban J connectivity index is 2.00. The molecular weight excluding hydrogens is 318 g/mol. The number of anilines is 1. The molecule has 0 radical (unpaired) electrons. The number of aliphatic hydroxyl groups excluding tert-OH is 1. The van der Waals surface area contributed by atoms with Crippen LogP contribution in [0.15, 0.2) is 35.1 Å². The summed E-state index contributed by atoms with van der Waals surface area (Å²) in [5, 5.41) is 16.9. The molecule has 4 nitrogen and oxygen atoms in total. The third-order valence-electron chi connectivity index (χ3n) is 2.45. The molecule has 0 aliphatic heterocycles. The number of hydrogen-bond acceptors (Lipinski definition) is 3. The van der Waals surface area contributed by atoms with Crippen molar-refractivity contribution < 1.29 is 5.11 Å². The van der Waals surface area contributed by atoms with Crippen LogP contribution in [0.25, 0.3) is 0 Å². The van der Waals surface area contributed by atoms with Crippen LogP contribution in [-0.2, 0) is 13.1 Å². The minimum absolute atomic E-state index is 0.0917. The van der Waals surface area contributed by atoms with Gasteiger partial charge in [0.2, 0.25) is 0 Å². The summed E-state index contributed by atoms with van der Waals surface area (Å²) in [7, 11) is 0. The molecule has 0 aliphatic rings. The number of nitrogens with zero attached hydrogens (tertiary/aromatic N) is 2. The molecule has 0 fully saturated rings. The zero-order valence-electron chi connectivity index (χ0n) is 9.61. The molecule has 2 rings (SSSR count). The second-order valence-corrected chi connectivity index (χ2v) is 4.99. The van der Waals surface area contributed by atoms with Crippen LogP contribution in [0.1, 0.15) is 5.56 Å². The molecule has 2 N–H and O–H groups in total. The van der Waals surface area contributed by atoms with Crippen LogP contribution in [0.5, 0.6) is 0 Å². The highest BCUT2D eigenvalue weighted by Crippen LogP contribution is 2.30. The van der Waals surface area contributed by atoms with Gasteiger partial charge in [0.1, 0.15) is 0 Å². The largest absolute Gasteiger partial charge is 0.394 e. The number of hydrogen-bond donors (Lipinski definition) is 2. The zero-order chi connectivity index (χ0) is 13.0. The summed E-state index contributed by atoms with van der Waals surface area (Å²) < 4.78 is 2.57. The van der Waals surface area contributed by atoms with E-state index in [4.69, 9.17) is 16.7 Å². The van der Waals surface area contributed by atoms with Crippen molar-refractivity contribution in [1.29, 1.82) is 0 Å². The standard InChI is InChI=1S/C12H13BrClN3O/c13-12-10(14)2-1-3-11(12)15-6-9-7-16-17(8-9)4-5-18/h1-3,7-8,15,18H,4-6H2. The maximum atomic E-state index is 8.81. The molecule has 1 aromatic heterocycles. The molecule has 0 unspecified atom stereocenters. The Hall–Kier alpha value is -1.04. The average molecular weight is 331 g/mol. The highest BCUT2D eigenvalue weighted by molar-refractivity contribution is 9.10. The van der Waals surface area contributed by atoms with E-state index in [9.17, 15) is 0 Å². The van der Waals surface area contributed by atoms with Crippen LogP contribution >= 0.6 is 27.5 Å². The topological polar surface area (TPSA) is 50.1 Å². The van der Waals surface area contributed by atoms with E-state index in [1.807, 2.05) is 24.4 Å². The normalized spacial score (nSPS) is 10.6. The van der Waals surface area contributed by atoms with Crippen LogP contribution in [0, 0.1) is 0 Å². The molecule has 18 heavy (non-hydrogen) atoms. The fraction of sp³-hybridized carbons (Fsp3) is 0.250. The Morgan fingerprint density at radius 1 is 1.44 bits per heavy atom. The molecule has 96 valence electrons. The minimum Gasteiger partial charge on any atom is -0.394 e. The van der Waals surface area contributed by atoms with Gasteiger partial charge < -0.3 is 10.4 Å². The van der Waals surface area contributed by atoms with E-state index < -0.39 is 0 Å². The summed E-state index contributed by atoms with van der Waals surface area (Å²) in [6, 6.07) is 5.68. The van der Waals surface area contributed by atoms with Crippen LogP contribution in [-0.4, -0.2) is 21.5 Å². The SMILES string of the molecule is OCCn1cc(CNc2cccc(Cl)c2Br)cn1. The van der Waals surface area contributed by atoms with Gasteiger partial charge in [0.15, 0.2) is 0 Å². The Morgan fingerprint density at radius 2 is 2.28 bits per heavy atom. The quantitative estimate of drug-likeness (QED) is 0.886. The van der Waals surface area contributed by atoms with Gasteiger partial charge in [-0.3, -0.25) is 4.68 Å². The van der Waals surface area contributed by atoms with Crippen molar-refractivity contribution in [2.75, 3.05) is 11.9 Å². The van der Waals surface area contributed by atoms with Crippen molar-refractivity contribution in [3.05, 3.63) is 45.7 Å². The Morgan fingerprint density at radius 3 is 3.06 bits per heavy atom. The fourth-order valence-electron chi connectivity index (χ4n) is 1.56. The van der Waals surface area contributed by atoms with Gasteiger partial charge in [-0.05, 0) is 28.1 Å². The maximum Gasteiger partial charge on any atom is 0.0640 e. The summed E-state index contributed by atoms with van der Waals surface area (Å²) in [5.74, 6) is 0. The molecule has 0 saturated carbocycles. The second kappa shape index (κ2) is 6.22. The third kappa shape index (κ3) is 3.25. The first-order chi connectivity index (χ1) is 8.70. The van der Waals surface area contributed by atoms with E-state index >= 15 is 0 Å². The van der Waals surface area contributed by atoms with Crippen LogP contribution in [0.4, 0.5) is 5.69 Å². The van der Waals surface area contributed by atoms with Gasteiger partial charge in [-0.25, -0.2) is 0 Å². The lowest BCUT2D eigenvalue weighted by molar-refractivity contribution is 0.269. The lowest BCUT2D eigenvalue weighted by atomic mass is 10.3. The minimum atomic E-state index is 0.0917. The number of aliphatic hydroxyl groups is 1. The predicted octanol–water partition coefficient (Wildman–Crippen LogP) is 2.90. The molecule has 2 aromatic rings. The fourth-order valence-corrected chi connectivity index (χ4v) is 2.14. The Kier molecular flexibility index (Phi) is 4.63.